The van der Waals surface area contributed by atoms with Crippen LogP contribution in [0.4, 0.5) is 5.95 Å². The van der Waals surface area contributed by atoms with Crippen molar-refractivity contribution < 1.29 is 9.47 Å². The number of aromatic nitrogens is 2. The molecule has 2 N–H and O–H groups in total. The van der Waals surface area contributed by atoms with E-state index in [4.69, 9.17) is 15.2 Å². The maximum atomic E-state index is 6.08. The van der Waals surface area contributed by atoms with Gasteiger partial charge in [-0.25, -0.2) is 4.98 Å². The van der Waals surface area contributed by atoms with Gasteiger partial charge in [-0.3, -0.25) is 0 Å². The summed E-state index contributed by atoms with van der Waals surface area (Å²) < 4.78 is 12.7. The van der Waals surface area contributed by atoms with E-state index in [0.29, 0.717) is 24.0 Å². The van der Waals surface area contributed by atoms with E-state index in [-0.39, 0.29) is 0 Å². The molecule has 0 amide bonds. The largest absolute Gasteiger partial charge is 0.493 e. The molecule has 0 aliphatic carbocycles. The second kappa shape index (κ2) is 5.29. The Bertz CT molecular complexity index is 792. The van der Waals surface area contributed by atoms with Crippen molar-refractivity contribution in [1.29, 1.82) is 0 Å². The molecule has 6 heteroatoms. The molecule has 0 atom stereocenters. The van der Waals surface area contributed by atoms with Crippen LogP contribution in [-0.4, -0.2) is 23.8 Å². The van der Waals surface area contributed by atoms with Gasteiger partial charge in [-0.15, -0.1) is 0 Å². The van der Waals surface area contributed by atoms with Crippen LogP contribution >= 0.6 is 11.3 Å². The zero-order chi connectivity index (χ0) is 15.0. The van der Waals surface area contributed by atoms with E-state index in [1.54, 1.807) is 25.6 Å². The summed E-state index contributed by atoms with van der Waals surface area (Å²) in [6.07, 6.45) is 0. The molecule has 3 aromatic rings. The van der Waals surface area contributed by atoms with Crippen molar-refractivity contribution in [3.05, 3.63) is 34.0 Å². The van der Waals surface area contributed by atoms with E-state index in [9.17, 15) is 0 Å². The first-order valence-electron chi connectivity index (χ1n) is 6.53. The lowest BCUT2D eigenvalue weighted by atomic mass is 10.2. The van der Waals surface area contributed by atoms with Crippen molar-refractivity contribution in [1.82, 2.24) is 9.55 Å². The molecule has 0 fully saturated rings. The third-order valence-corrected chi connectivity index (χ3v) is 4.48. The summed E-state index contributed by atoms with van der Waals surface area (Å²) in [6, 6.07) is 3.76. The minimum atomic E-state index is 0.492. The molecule has 21 heavy (non-hydrogen) atoms. The van der Waals surface area contributed by atoms with Crippen molar-refractivity contribution in [3.63, 3.8) is 0 Å². The van der Waals surface area contributed by atoms with Crippen LogP contribution < -0.4 is 15.2 Å². The molecule has 1 aromatic carbocycles. The number of fused-ring (bicyclic) bond motifs is 1. The van der Waals surface area contributed by atoms with E-state index in [1.807, 2.05) is 16.7 Å². The number of benzene rings is 1. The van der Waals surface area contributed by atoms with Gasteiger partial charge in [-0.1, -0.05) is 0 Å². The highest BCUT2D eigenvalue weighted by Gasteiger charge is 2.14. The average Bonchev–Trinajstić information content (AvgIpc) is 3.02. The van der Waals surface area contributed by atoms with E-state index in [1.165, 1.54) is 11.1 Å². The van der Waals surface area contributed by atoms with Gasteiger partial charge in [0.05, 0.1) is 31.8 Å². The van der Waals surface area contributed by atoms with Crippen molar-refractivity contribution in [3.8, 4) is 11.5 Å². The standard InChI is InChI=1S/C15H17N3O2S/c1-9-7-21-8-10(9)6-18-12-5-14(20-3)13(19-2)4-11(12)17-15(18)16/h4-5,7-8H,6H2,1-3H3,(H2,16,17). The third kappa shape index (κ3) is 2.31. The monoisotopic (exact) mass is 303 g/mol. The molecule has 5 nitrogen and oxygen atoms in total. The molecule has 3 rings (SSSR count). The lowest BCUT2D eigenvalue weighted by molar-refractivity contribution is 0.355. The lowest BCUT2D eigenvalue weighted by Gasteiger charge is -2.09. The fourth-order valence-electron chi connectivity index (χ4n) is 2.36. The summed E-state index contributed by atoms with van der Waals surface area (Å²) in [7, 11) is 3.23. The maximum absolute atomic E-state index is 6.08. The van der Waals surface area contributed by atoms with E-state index < -0.39 is 0 Å². The normalized spacial score (nSPS) is 11.0. The van der Waals surface area contributed by atoms with Gasteiger partial charge in [-0.05, 0) is 28.8 Å². The van der Waals surface area contributed by atoms with Crippen molar-refractivity contribution in [2.75, 3.05) is 20.0 Å². The lowest BCUT2D eigenvalue weighted by Crippen LogP contribution is -2.04. The summed E-state index contributed by atoms with van der Waals surface area (Å²) in [6.45, 7) is 2.80. The molecular weight excluding hydrogens is 286 g/mol. The van der Waals surface area contributed by atoms with Crippen LogP contribution in [0.15, 0.2) is 22.9 Å². The highest BCUT2D eigenvalue weighted by Crippen LogP contribution is 2.33. The molecule has 2 heterocycles. The van der Waals surface area contributed by atoms with Gasteiger partial charge in [0.2, 0.25) is 5.95 Å². The Balaban J connectivity index is 2.14. The maximum Gasteiger partial charge on any atom is 0.201 e. The predicted molar refractivity (Wildman–Crippen MR) is 85.4 cm³/mol. The minimum absolute atomic E-state index is 0.492. The summed E-state index contributed by atoms with van der Waals surface area (Å²) in [5.74, 6) is 1.82. The van der Waals surface area contributed by atoms with E-state index >= 15 is 0 Å². The molecule has 0 saturated carbocycles. The van der Waals surface area contributed by atoms with Gasteiger partial charge in [-0.2, -0.15) is 11.3 Å². The fourth-order valence-corrected chi connectivity index (χ4v) is 3.20. The quantitative estimate of drug-likeness (QED) is 0.804. The van der Waals surface area contributed by atoms with Crippen molar-refractivity contribution in [2.24, 2.45) is 0 Å². The summed E-state index contributed by atoms with van der Waals surface area (Å²) in [5.41, 5.74) is 10.3. The van der Waals surface area contributed by atoms with Crippen LogP contribution in [0.3, 0.4) is 0 Å². The molecule has 0 radical (unpaired) electrons. The number of anilines is 1. The summed E-state index contributed by atoms with van der Waals surface area (Å²) >= 11 is 1.69. The van der Waals surface area contributed by atoms with Gasteiger partial charge in [0.25, 0.3) is 0 Å². The van der Waals surface area contributed by atoms with Gasteiger partial charge in [0, 0.05) is 12.1 Å². The topological polar surface area (TPSA) is 62.3 Å². The van der Waals surface area contributed by atoms with E-state index in [2.05, 4.69) is 22.7 Å². The van der Waals surface area contributed by atoms with Crippen LogP contribution in [0.25, 0.3) is 11.0 Å². The van der Waals surface area contributed by atoms with Crippen LogP contribution in [0.1, 0.15) is 11.1 Å². The Labute approximate surface area is 126 Å². The number of nitrogen functional groups attached to an aromatic ring is 1. The number of aryl methyl sites for hydroxylation is 1. The van der Waals surface area contributed by atoms with Crippen molar-refractivity contribution >= 4 is 28.3 Å². The number of thiophene rings is 1. The second-order valence-corrected chi connectivity index (χ2v) is 5.58. The molecular formula is C15H17N3O2S. The number of rotatable bonds is 4. The van der Waals surface area contributed by atoms with Crippen molar-refractivity contribution in [2.45, 2.75) is 13.5 Å². The van der Waals surface area contributed by atoms with Crippen LogP contribution in [0.5, 0.6) is 11.5 Å². The highest BCUT2D eigenvalue weighted by molar-refractivity contribution is 7.08. The number of hydrogen-bond acceptors (Lipinski definition) is 5. The number of hydrogen-bond donors (Lipinski definition) is 1. The van der Waals surface area contributed by atoms with E-state index in [0.717, 1.165) is 11.0 Å². The van der Waals surface area contributed by atoms with Gasteiger partial charge < -0.3 is 19.8 Å². The first-order chi connectivity index (χ1) is 10.1. The Morgan fingerprint density at radius 2 is 1.90 bits per heavy atom. The van der Waals surface area contributed by atoms with Gasteiger partial charge >= 0.3 is 0 Å². The average molecular weight is 303 g/mol. The molecule has 0 aliphatic rings. The first kappa shape index (κ1) is 13.8. The number of ether oxygens (including phenoxy) is 2. The molecule has 0 spiro atoms. The third-order valence-electron chi connectivity index (χ3n) is 3.57. The Hall–Kier alpha value is -2.21. The van der Waals surface area contributed by atoms with Crippen LogP contribution in [-0.2, 0) is 6.54 Å². The number of imidazole rings is 1. The van der Waals surface area contributed by atoms with Crippen LogP contribution in [0, 0.1) is 6.92 Å². The zero-order valence-electron chi connectivity index (χ0n) is 12.2. The van der Waals surface area contributed by atoms with Crippen LogP contribution in [0.2, 0.25) is 0 Å². The Morgan fingerprint density at radius 1 is 1.19 bits per heavy atom. The Morgan fingerprint density at radius 3 is 2.52 bits per heavy atom. The predicted octanol–water partition coefficient (Wildman–Crippen LogP) is 3.05. The number of nitrogens with two attached hydrogens (primary N) is 1. The minimum Gasteiger partial charge on any atom is -0.493 e. The molecule has 0 aliphatic heterocycles. The molecule has 0 unspecified atom stereocenters. The van der Waals surface area contributed by atoms with Gasteiger partial charge in [0.1, 0.15) is 0 Å². The molecule has 2 aromatic heterocycles. The summed E-state index contributed by atoms with van der Waals surface area (Å²) in [5, 5.41) is 4.27. The van der Waals surface area contributed by atoms with Gasteiger partial charge in [0.15, 0.2) is 11.5 Å². The zero-order valence-corrected chi connectivity index (χ0v) is 13.0. The summed E-state index contributed by atoms with van der Waals surface area (Å²) in [4.78, 5) is 4.42. The first-order valence-corrected chi connectivity index (χ1v) is 7.47. The highest BCUT2D eigenvalue weighted by atomic mass is 32.1. The molecule has 0 bridgehead atoms. The second-order valence-electron chi connectivity index (χ2n) is 4.83. The smallest absolute Gasteiger partial charge is 0.201 e. The SMILES string of the molecule is COc1cc2nc(N)n(Cc3cscc3C)c2cc1OC. The Kier molecular flexibility index (Phi) is 3.47. The fraction of sp³-hybridized carbons (Fsp3) is 0.267. The number of nitrogens with zero attached hydrogens (tertiary/aromatic N) is 2. The molecule has 110 valence electrons. The number of methoxy groups -OCH3 is 2. The molecule has 0 saturated heterocycles.